The Morgan fingerprint density at radius 1 is 1.30 bits per heavy atom. The summed E-state index contributed by atoms with van der Waals surface area (Å²) in [6, 6.07) is 3.99. The van der Waals surface area contributed by atoms with Crippen molar-refractivity contribution in [2.75, 3.05) is 34.2 Å². The lowest BCUT2D eigenvalue weighted by Crippen LogP contribution is -2.12. The molecule has 0 N–H and O–H groups in total. The Kier molecular flexibility index (Phi) is 6.41. The summed E-state index contributed by atoms with van der Waals surface area (Å²) in [5.74, 6) is -0.901. The fraction of sp³-hybridized carbons (Fsp3) is 0.417. The molecule has 0 fully saturated rings. The summed E-state index contributed by atoms with van der Waals surface area (Å²) in [7, 11) is 2.70. The molecule has 0 aliphatic carbocycles. The van der Waals surface area contributed by atoms with E-state index >= 15 is 0 Å². The molecule has 1 aromatic carbocycles. The highest BCUT2D eigenvalue weighted by molar-refractivity contribution is 5.94. The Bertz CT molecular complexity index is 475. The first-order valence-corrected chi connectivity index (χ1v) is 5.67. The highest BCUT2D eigenvalue weighted by Gasteiger charge is 2.23. The van der Waals surface area contributed by atoms with E-state index in [0.717, 1.165) is 0 Å². The Morgan fingerprint density at radius 3 is 2.65 bits per heavy atom. The topological polar surface area (TPSA) is 97.1 Å². The fourth-order valence-electron chi connectivity index (χ4n) is 1.39. The molecule has 1 aromatic rings. The zero-order chi connectivity index (χ0) is 15.0. The Balaban J connectivity index is 2.88. The predicted octanol–water partition coefficient (Wildman–Crippen LogP) is 1.38. The minimum Gasteiger partial charge on any atom is -0.465 e. The average Bonchev–Trinajstić information content (AvgIpc) is 2.46. The molecule has 0 saturated carbocycles. The van der Waals surface area contributed by atoms with Crippen LogP contribution in [0.3, 0.4) is 0 Å². The molecule has 0 bridgehead atoms. The molecule has 20 heavy (non-hydrogen) atoms. The molecule has 0 atom stereocenters. The largest absolute Gasteiger partial charge is 0.465 e. The molecular weight excluding hydrogens is 270 g/mol. The van der Waals surface area contributed by atoms with Crippen LogP contribution in [0.2, 0.25) is 0 Å². The van der Waals surface area contributed by atoms with Gasteiger partial charge in [-0.2, -0.15) is 0 Å². The number of hydrogen-bond donors (Lipinski definition) is 0. The first kappa shape index (κ1) is 15.9. The number of carbonyl (C=O) groups excluding carboxylic acids is 1. The van der Waals surface area contributed by atoms with Crippen molar-refractivity contribution in [3.8, 4) is 5.75 Å². The maximum atomic E-state index is 11.6. The summed E-state index contributed by atoms with van der Waals surface area (Å²) in [6.07, 6.45) is 0. The number of hydrogen-bond acceptors (Lipinski definition) is 7. The van der Waals surface area contributed by atoms with E-state index < -0.39 is 10.9 Å². The van der Waals surface area contributed by atoms with E-state index in [-0.39, 0.29) is 30.4 Å². The van der Waals surface area contributed by atoms with Crippen LogP contribution in [0.4, 0.5) is 5.69 Å². The Labute approximate surface area is 115 Å². The van der Waals surface area contributed by atoms with Gasteiger partial charge in [0.1, 0.15) is 5.56 Å². The molecule has 0 aliphatic heterocycles. The van der Waals surface area contributed by atoms with Gasteiger partial charge in [-0.15, -0.1) is 0 Å². The van der Waals surface area contributed by atoms with Crippen LogP contribution in [0.5, 0.6) is 5.75 Å². The highest BCUT2D eigenvalue weighted by atomic mass is 16.7. The number of nitrogens with zero attached hydrogens (tertiary/aromatic N) is 1. The van der Waals surface area contributed by atoms with Gasteiger partial charge in [0.2, 0.25) is 5.75 Å². The summed E-state index contributed by atoms with van der Waals surface area (Å²) in [6.45, 7) is 0.396. The first-order valence-electron chi connectivity index (χ1n) is 5.67. The molecule has 0 heterocycles. The van der Waals surface area contributed by atoms with E-state index in [0.29, 0.717) is 6.61 Å². The lowest BCUT2D eigenvalue weighted by atomic mass is 10.2. The molecule has 0 aromatic heterocycles. The van der Waals surface area contributed by atoms with Crippen molar-refractivity contribution in [3.63, 3.8) is 0 Å². The first-order chi connectivity index (χ1) is 9.61. The normalized spacial score (nSPS) is 10.1. The predicted molar refractivity (Wildman–Crippen MR) is 67.8 cm³/mol. The van der Waals surface area contributed by atoms with Crippen LogP contribution in [0.15, 0.2) is 18.2 Å². The van der Waals surface area contributed by atoms with Gasteiger partial charge in [-0.1, -0.05) is 6.07 Å². The quantitative estimate of drug-likeness (QED) is 0.234. The molecule has 0 saturated heterocycles. The van der Waals surface area contributed by atoms with Gasteiger partial charge in [0.25, 0.3) is 0 Å². The molecule has 0 unspecified atom stereocenters. The molecule has 0 spiro atoms. The third-order valence-electron chi connectivity index (χ3n) is 2.31. The van der Waals surface area contributed by atoms with Crippen LogP contribution in [0.25, 0.3) is 0 Å². The van der Waals surface area contributed by atoms with E-state index in [1.165, 1.54) is 32.4 Å². The van der Waals surface area contributed by atoms with Crippen LogP contribution in [-0.4, -0.2) is 45.1 Å². The summed E-state index contributed by atoms with van der Waals surface area (Å²) in [5.41, 5.74) is -0.361. The standard InChI is InChI=1S/C12H15NO7/c1-17-6-7-19-8-20-11-9(12(14)18-2)4-3-5-10(11)13(15)16/h3-5H,6-8H2,1-2H3. The van der Waals surface area contributed by atoms with Gasteiger partial charge in [0.15, 0.2) is 6.79 Å². The second kappa shape index (κ2) is 8.08. The van der Waals surface area contributed by atoms with E-state index in [4.69, 9.17) is 14.2 Å². The van der Waals surface area contributed by atoms with Gasteiger partial charge >= 0.3 is 11.7 Å². The molecular formula is C12H15NO7. The second-order valence-electron chi connectivity index (χ2n) is 3.57. The van der Waals surface area contributed by atoms with Gasteiger partial charge in [-0.05, 0) is 6.07 Å². The lowest BCUT2D eigenvalue weighted by molar-refractivity contribution is -0.386. The van der Waals surface area contributed by atoms with Crippen molar-refractivity contribution < 1.29 is 28.7 Å². The van der Waals surface area contributed by atoms with Crippen LogP contribution in [0, 0.1) is 10.1 Å². The van der Waals surface area contributed by atoms with Gasteiger partial charge in [-0.3, -0.25) is 10.1 Å². The summed E-state index contributed by atoms with van der Waals surface area (Å²) < 4.78 is 19.6. The van der Waals surface area contributed by atoms with Gasteiger partial charge in [0.05, 0.1) is 25.2 Å². The molecule has 0 amide bonds. The number of nitro groups is 1. The minimum absolute atomic E-state index is 0.0305. The van der Waals surface area contributed by atoms with E-state index in [1.807, 2.05) is 0 Å². The number of benzene rings is 1. The molecule has 8 nitrogen and oxygen atoms in total. The molecule has 0 radical (unpaired) electrons. The van der Waals surface area contributed by atoms with E-state index in [2.05, 4.69) is 4.74 Å². The van der Waals surface area contributed by atoms with Crippen molar-refractivity contribution in [2.45, 2.75) is 0 Å². The van der Waals surface area contributed by atoms with Gasteiger partial charge < -0.3 is 18.9 Å². The van der Waals surface area contributed by atoms with Crippen molar-refractivity contribution in [3.05, 3.63) is 33.9 Å². The smallest absolute Gasteiger partial charge is 0.341 e. The van der Waals surface area contributed by atoms with Gasteiger partial charge in [-0.25, -0.2) is 4.79 Å². The van der Waals surface area contributed by atoms with Crippen LogP contribution >= 0.6 is 0 Å². The van der Waals surface area contributed by atoms with Crippen molar-refractivity contribution in [1.82, 2.24) is 0 Å². The van der Waals surface area contributed by atoms with Crippen LogP contribution in [-0.2, 0) is 14.2 Å². The zero-order valence-corrected chi connectivity index (χ0v) is 11.2. The molecule has 0 aliphatic rings. The number of para-hydroxylation sites is 1. The maximum Gasteiger partial charge on any atom is 0.341 e. The highest BCUT2D eigenvalue weighted by Crippen LogP contribution is 2.31. The number of carbonyl (C=O) groups is 1. The lowest BCUT2D eigenvalue weighted by Gasteiger charge is -2.10. The van der Waals surface area contributed by atoms with Gasteiger partial charge in [0, 0.05) is 13.2 Å². The van der Waals surface area contributed by atoms with Crippen molar-refractivity contribution >= 4 is 11.7 Å². The summed E-state index contributed by atoms with van der Waals surface area (Å²) in [4.78, 5) is 21.8. The zero-order valence-electron chi connectivity index (χ0n) is 11.2. The number of nitro benzene ring substituents is 1. The Hall–Kier alpha value is -2.19. The van der Waals surface area contributed by atoms with Crippen LogP contribution in [0.1, 0.15) is 10.4 Å². The summed E-state index contributed by atoms with van der Waals surface area (Å²) in [5, 5.41) is 10.9. The number of ether oxygens (including phenoxy) is 4. The van der Waals surface area contributed by atoms with E-state index in [1.54, 1.807) is 0 Å². The third kappa shape index (κ3) is 4.18. The van der Waals surface area contributed by atoms with Crippen LogP contribution < -0.4 is 4.74 Å². The molecule has 8 heteroatoms. The maximum absolute atomic E-state index is 11.6. The Morgan fingerprint density at radius 2 is 2.05 bits per heavy atom. The SMILES string of the molecule is COCCOCOc1c(C(=O)OC)cccc1[N+](=O)[O-]. The number of methoxy groups -OCH3 is 2. The number of esters is 1. The minimum atomic E-state index is -0.722. The monoisotopic (exact) mass is 285 g/mol. The molecule has 110 valence electrons. The third-order valence-corrected chi connectivity index (χ3v) is 2.31. The summed E-state index contributed by atoms with van der Waals surface area (Å²) >= 11 is 0. The van der Waals surface area contributed by atoms with Crippen molar-refractivity contribution in [1.29, 1.82) is 0 Å². The molecule has 1 rings (SSSR count). The van der Waals surface area contributed by atoms with Crippen molar-refractivity contribution in [2.24, 2.45) is 0 Å². The van der Waals surface area contributed by atoms with E-state index in [9.17, 15) is 14.9 Å². The fourth-order valence-corrected chi connectivity index (χ4v) is 1.39. The second-order valence-corrected chi connectivity index (χ2v) is 3.57. The average molecular weight is 285 g/mol. The number of rotatable bonds is 8.